The molecule has 0 aliphatic carbocycles. The van der Waals surface area contributed by atoms with Crippen LogP contribution < -0.4 is 5.32 Å². The van der Waals surface area contributed by atoms with Crippen LogP contribution in [0.25, 0.3) is 0 Å². The normalized spacial score (nSPS) is 16.1. The lowest BCUT2D eigenvalue weighted by Gasteiger charge is -2.23. The molecule has 0 spiro atoms. The highest BCUT2D eigenvalue weighted by atomic mass is 16.4. The molecule has 3 heteroatoms. The number of hydrogen-bond donors (Lipinski definition) is 2. The average Bonchev–Trinajstić information content (AvgIpc) is 2.42. The maximum absolute atomic E-state index is 10.9. The first-order chi connectivity index (χ1) is 8.29. The molecule has 0 saturated carbocycles. The van der Waals surface area contributed by atoms with Gasteiger partial charge in [-0.3, -0.25) is 4.79 Å². The van der Waals surface area contributed by atoms with E-state index in [-0.39, 0.29) is 5.92 Å². The van der Waals surface area contributed by atoms with Crippen molar-refractivity contribution in [2.45, 2.75) is 40.0 Å². The Morgan fingerprint density at radius 3 is 2.41 bits per heavy atom. The molecule has 0 fully saturated rings. The first-order valence-corrected chi connectivity index (χ1v) is 6.34. The van der Waals surface area contributed by atoms with Crippen molar-refractivity contribution in [2.24, 2.45) is 0 Å². The van der Waals surface area contributed by atoms with Crippen LogP contribution in [0.3, 0.4) is 0 Å². The predicted octanol–water partition coefficient (Wildman–Crippen LogP) is 3.72. The molecule has 0 amide bonds. The van der Waals surface area contributed by atoms with E-state index in [4.69, 9.17) is 5.11 Å². The minimum Gasteiger partial charge on any atom is -0.481 e. The number of aliphatic carboxylic acids is 1. The molecule has 0 radical (unpaired) electrons. The zero-order valence-electron chi connectivity index (χ0n) is 11.2. The first kappa shape index (κ1) is 15.5. The van der Waals surface area contributed by atoms with Crippen LogP contribution in [0, 0.1) is 0 Å². The summed E-state index contributed by atoms with van der Waals surface area (Å²) in [6, 6.07) is 7.59. The van der Waals surface area contributed by atoms with Crippen LogP contribution in [0.15, 0.2) is 24.3 Å². The zero-order chi connectivity index (χ0) is 13.3. The van der Waals surface area contributed by atoms with Gasteiger partial charge in [-0.25, -0.2) is 0 Å². The van der Waals surface area contributed by atoms with Crippen LogP contribution in [0.5, 0.6) is 0 Å². The average molecular weight is 237 g/mol. The third-order valence-corrected chi connectivity index (χ3v) is 2.38. The second kappa shape index (κ2) is 8.62. The Morgan fingerprint density at radius 1 is 1.24 bits per heavy atom. The minimum absolute atomic E-state index is 0.336. The van der Waals surface area contributed by atoms with Gasteiger partial charge in [-0.1, -0.05) is 45.9 Å². The van der Waals surface area contributed by atoms with Gasteiger partial charge < -0.3 is 10.4 Å². The van der Waals surface area contributed by atoms with Gasteiger partial charge in [-0.2, -0.15) is 0 Å². The van der Waals surface area contributed by atoms with Crippen molar-refractivity contribution in [3.8, 4) is 0 Å². The number of carboxylic acids is 1. The fourth-order valence-electron chi connectivity index (χ4n) is 1.73. The van der Waals surface area contributed by atoms with E-state index in [0.29, 0.717) is 6.42 Å². The Hall–Kier alpha value is -1.51. The van der Waals surface area contributed by atoms with Crippen molar-refractivity contribution in [1.82, 2.24) is 0 Å². The molecule has 1 aliphatic rings. The maximum Gasteiger partial charge on any atom is 0.311 e. The summed E-state index contributed by atoms with van der Waals surface area (Å²) in [7, 11) is 0. The van der Waals surface area contributed by atoms with Crippen molar-refractivity contribution in [3.63, 3.8) is 0 Å². The summed E-state index contributed by atoms with van der Waals surface area (Å²) in [4.78, 5) is 10.9. The van der Waals surface area contributed by atoms with E-state index >= 15 is 0 Å². The fourth-order valence-corrected chi connectivity index (χ4v) is 1.73. The maximum atomic E-state index is 10.9. The third kappa shape index (κ3) is 4.10. The molecule has 0 saturated heterocycles. The van der Waals surface area contributed by atoms with Crippen LogP contribution in [0.4, 0.5) is 5.69 Å². The van der Waals surface area contributed by atoms with Gasteiger partial charge in [0.15, 0.2) is 0 Å². The summed E-state index contributed by atoms with van der Waals surface area (Å²) in [6.45, 7) is 8.74. The second-order valence-electron chi connectivity index (χ2n) is 3.19. The summed E-state index contributed by atoms with van der Waals surface area (Å²) < 4.78 is 0. The number of carbonyl (C=O) groups is 1. The molecule has 17 heavy (non-hydrogen) atoms. The molecule has 2 rings (SSSR count). The van der Waals surface area contributed by atoms with Crippen LogP contribution in [-0.2, 0) is 4.79 Å². The molecule has 1 aromatic rings. The Balaban J connectivity index is 0.000000581. The Kier molecular flexibility index (Phi) is 7.85. The number of benzene rings is 1. The quantitative estimate of drug-likeness (QED) is 0.782. The molecule has 0 aromatic heterocycles. The Morgan fingerprint density at radius 2 is 1.82 bits per heavy atom. The number of para-hydroxylation sites is 1. The fraction of sp³-hybridized carbons (Fsp3) is 0.500. The molecule has 1 aliphatic heterocycles. The van der Waals surface area contributed by atoms with Crippen molar-refractivity contribution in [1.29, 1.82) is 0 Å². The number of anilines is 1. The Labute approximate surface area is 104 Å². The van der Waals surface area contributed by atoms with Gasteiger partial charge in [0.05, 0.1) is 5.92 Å². The molecule has 96 valence electrons. The van der Waals surface area contributed by atoms with Crippen molar-refractivity contribution in [3.05, 3.63) is 29.8 Å². The highest BCUT2D eigenvalue weighted by molar-refractivity contribution is 5.79. The van der Waals surface area contributed by atoms with E-state index in [9.17, 15) is 4.79 Å². The van der Waals surface area contributed by atoms with Gasteiger partial charge in [0.2, 0.25) is 0 Å². The molecular formula is C14H23NO2. The molecule has 1 heterocycles. The lowest BCUT2D eigenvalue weighted by molar-refractivity contribution is -0.138. The highest BCUT2D eigenvalue weighted by Gasteiger charge is 2.25. The minimum atomic E-state index is -0.728. The van der Waals surface area contributed by atoms with Crippen LogP contribution in [0.1, 0.15) is 45.6 Å². The largest absolute Gasteiger partial charge is 0.481 e. The number of fused-ring (bicyclic) bond motifs is 1. The van der Waals surface area contributed by atoms with E-state index in [1.165, 1.54) is 0 Å². The van der Waals surface area contributed by atoms with Gasteiger partial charge in [-0.15, -0.1) is 0 Å². The zero-order valence-corrected chi connectivity index (χ0v) is 11.2. The van der Waals surface area contributed by atoms with Crippen molar-refractivity contribution < 1.29 is 9.90 Å². The molecule has 2 N–H and O–H groups in total. The number of carboxylic acid groups (broad SMARTS) is 1. The van der Waals surface area contributed by atoms with Crippen LogP contribution in [-0.4, -0.2) is 17.6 Å². The standard InChI is InChI=1S/C10H11NO2.2C2H6/c12-10(13)8-5-6-11-9-4-2-1-3-7(8)9;2*1-2/h1-4,8,11H,5-6H2,(H,12,13);2*1-2H3. The van der Waals surface area contributed by atoms with E-state index in [1.807, 2.05) is 52.0 Å². The summed E-state index contributed by atoms with van der Waals surface area (Å²) in [6.07, 6.45) is 0.673. The Bertz CT molecular complexity index is 337. The van der Waals surface area contributed by atoms with E-state index in [0.717, 1.165) is 17.8 Å². The number of hydrogen-bond acceptors (Lipinski definition) is 2. The third-order valence-electron chi connectivity index (χ3n) is 2.38. The van der Waals surface area contributed by atoms with Crippen molar-refractivity contribution >= 4 is 11.7 Å². The van der Waals surface area contributed by atoms with Crippen LogP contribution in [0.2, 0.25) is 0 Å². The smallest absolute Gasteiger partial charge is 0.311 e. The summed E-state index contributed by atoms with van der Waals surface area (Å²) in [5.74, 6) is -1.06. The molecule has 3 nitrogen and oxygen atoms in total. The SMILES string of the molecule is CC.CC.O=C(O)C1CCNc2ccccc21. The summed E-state index contributed by atoms with van der Waals surface area (Å²) in [5, 5.41) is 12.1. The summed E-state index contributed by atoms with van der Waals surface area (Å²) >= 11 is 0. The molecule has 0 bridgehead atoms. The lowest BCUT2D eigenvalue weighted by atomic mass is 9.91. The van der Waals surface area contributed by atoms with E-state index in [1.54, 1.807) is 0 Å². The van der Waals surface area contributed by atoms with Gasteiger partial charge in [0, 0.05) is 12.2 Å². The van der Waals surface area contributed by atoms with Gasteiger partial charge in [0.25, 0.3) is 0 Å². The lowest BCUT2D eigenvalue weighted by Crippen LogP contribution is -2.22. The number of rotatable bonds is 1. The van der Waals surface area contributed by atoms with E-state index in [2.05, 4.69) is 5.32 Å². The van der Waals surface area contributed by atoms with Gasteiger partial charge in [0.1, 0.15) is 0 Å². The predicted molar refractivity (Wildman–Crippen MR) is 72.6 cm³/mol. The topological polar surface area (TPSA) is 49.3 Å². The number of nitrogens with one attached hydrogen (secondary N) is 1. The molecular weight excluding hydrogens is 214 g/mol. The molecule has 1 atom stereocenters. The summed E-state index contributed by atoms with van der Waals surface area (Å²) in [5.41, 5.74) is 1.86. The van der Waals surface area contributed by atoms with Gasteiger partial charge in [-0.05, 0) is 18.1 Å². The van der Waals surface area contributed by atoms with Gasteiger partial charge >= 0.3 is 5.97 Å². The highest BCUT2D eigenvalue weighted by Crippen LogP contribution is 2.30. The first-order valence-electron chi connectivity index (χ1n) is 6.34. The molecule has 1 unspecified atom stereocenters. The molecule has 1 aromatic carbocycles. The monoisotopic (exact) mass is 237 g/mol. The second-order valence-corrected chi connectivity index (χ2v) is 3.19. The van der Waals surface area contributed by atoms with E-state index < -0.39 is 5.97 Å². The van der Waals surface area contributed by atoms with Crippen molar-refractivity contribution in [2.75, 3.05) is 11.9 Å². The van der Waals surface area contributed by atoms with Crippen LogP contribution >= 0.6 is 0 Å².